The zero-order chi connectivity index (χ0) is 15.5. The summed E-state index contributed by atoms with van der Waals surface area (Å²) in [6.07, 6.45) is 0. The second kappa shape index (κ2) is 10.4. The lowest BCUT2D eigenvalue weighted by atomic mass is 10.1. The molecular weight excluding hydrogens is 270 g/mol. The summed E-state index contributed by atoms with van der Waals surface area (Å²) in [7, 11) is 3.33. The zero-order valence-corrected chi connectivity index (χ0v) is 13.5. The minimum atomic E-state index is 0.0571. The van der Waals surface area contributed by atoms with E-state index < -0.39 is 0 Å². The number of ether oxygens (including phenoxy) is 4. The van der Waals surface area contributed by atoms with Crippen molar-refractivity contribution in [3.05, 3.63) is 23.8 Å². The van der Waals surface area contributed by atoms with Crippen molar-refractivity contribution in [3.63, 3.8) is 0 Å². The Morgan fingerprint density at radius 3 is 2.43 bits per heavy atom. The Kier molecular flexibility index (Phi) is 8.82. The number of benzene rings is 1. The summed E-state index contributed by atoms with van der Waals surface area (Å²) in [6.45, 7) is 7.36. The third-order valence-electron chi connectivity index (χ3n) is 3.12. The Hall–Kier alpha value is -1.30. The number of rotatable bonds is 11. The molecule has 0 radical (unpaired) electrons. The molecule has 0 saturated carbocycles. The number of nitrogens with one attached hydrogen (secondary N) is 1. The first-order chi connectivity index (χ1) is 10.3. The van der Waals surface area contributed by atoms with E-state index in [2.05, 4.69) is 12.2 Å². The van der Waals surface area contributed by atoms with Gasteiger partial charge in [0.05, 0.1) is 40.1 Å². The van der Waals surface area contributed by atoms with Crippen molar-refractivity contribution in [2.75, 3.05) is 47.2 Å². The molecule has 5 nitrogen and oxygen atoms in total. The van der Waals surface area contributed by atoms with E-state index in [-0.39, 0.29) is 6.04 Å². The average Bonchev–Trinajstić information content (AvgIpc) is 2.53. The molecule has 0 spiro atoms. The van der Waals surface area contributed by atoms with E-state index in [1.165, 1.54) is 0 Å². The molecule has 0 aromatic heterocycles. The Morgan fingerprint density at radius 2 is 1.81 bits per heavy atom. The molecule has 0 bridgehead atoms. The molecular formula is C16H27NO4. The Bertz CT molecular complexity index is 398. The molecule has 1 unspecified atom stereocenters. The molecule has 1 aromatic carbocycles. The van der Waals surface area contributed by atoms with Crippen LogP contribution in [-0.4, -0.2) is 47.2 Å². The largest absolute Gasteiger partial charge is 0.497 e. The smallest absolute Gasteiger partial charge is 0.123 e. The highest BCUT2D eigenvalue weighted by molar-refractivity contribution is 5.42. The van der Waals surface area contributed by atoms with Gasteiger partial charge in [0, 0.05) is 12.2 Å². The van der Waals surface area contributed by atoms with E-state index in [4.69, 9.17) is 18.9 Å². The zero-order valence-electron chi connectivity index (χ0n) is 13.5. The van der Waals surface area contributed by atoms with E-state index in [0.29, 0.717) is 26.4 Å². The highest BCUT2D eigenvalue weighted by Crippen LogP contribution is 2.29. The lowest BCUT2D eigenvalue weighted by molar-refractivity contribution is 0.0432. The maximum absolute atomic E-state index is 5.69. The van der Waals surface area contributed by atoms with Gasteiger partial charge >= 0.3 is 0 Å². The fraction of sp³-hybridized carbons (Fsp3) is 0.625. The molecule has 1 atom stereocenters. The molecule has 1 N–H and O–H groups in total. The van der Waals surface area contributed by atoms with Gasteiger partial charge in [0.1, 0.15) is 11.5 Å². The standard InChI is InChI=1S/C16H27NO4/c1-5-17-15(12-21-10-9-20-6-2)14-11-13(18-3)7-8-16(14)19-4/h7-8,11,15,17H,5-6,9-10,12H2,1-4H3. The first-order valence-electron chi connectivity index (χ1n) is 7.37. The van der Waals surface area contributed by atoms with E-state index in [9.17, 15) is 0 Å². The predicted octanol–water partition coefficient (Wildman–Crippen LogP) is 2.41. The molecule has 120 valence electrons. The molecule has 0 amide bonds. The quantitative estimate of drug-likeness (QED) is 0.636. The monoisotopic (exact) mass is 297 g/mol. The van der Waals surface area contributed by atoms with Crippen molar-refractivity contribution in [1.29, 1.82) is 0 Å². The summed E-state index contributed by atoms with van der Waals surface area (Å²) in [5, 5.41) is 3.41. The van der Waals surface area contributed by atoms with Crippen molar-refractivity contribution < 1.29 is 18.9 Å². The number of likely N-dealkylation sites (N-methyl/N-ethyl adjacent to an activating group) is 1. The lowest BCUT2D eigenvalue weighted by Gasteiger charge is -2.21. The van der Waals surface area contributed by atoms with Gasteiger partial charge in [0.15, 0.2) is 0 Å². The minimum Gasteiger partial charge on any atom is -0.497 e. The van der Waals surface area contributed by atoms with Crippen LogP contribution in [0.3, 0.4) is 0 Å². The second-order valence-corrected chi connectivity index (χ2v) is 4.49. The first-order valence-corrected chi connectivity index (χ1v) is 7.37. The number of hydrogen-bond donors (Lipinski definition) is 1. The summed E-state index contributed by atoms with van der Waals surface area (Å²) in [4.78, 5) is 0. The fourth-order valence-electron chi connectivity index (χ4n) is 2.08. The molecule has 0 saturated heterocycles. The number of hydrogen-bond acceptors (Lipinski definition) is 5. The van der Waals surface area contributed by atoms with Gasteiger partial charge in [-0.3, -0.25) is 0 Å². The van der Waals surface area contributed by atoms with Crippen molar-refractivity contribution in [3.8, 4) is 11.5 Å². The van der Waals surface area contributed by atoms with Crippen molar-refractivity contribution in [1.82, 2.24) is 5.32 Å². The first kappa shape index (κ1) is 17.8. The van der Waals surface area contributed by atoms with Crippen molar-refractivity contribution in [2.24, 2.45) is 0 Å². The van der Waals surface area contributed by atoms with Crippen LogP contribution in [0, 0.1) is 0 Å². The summed E-state index contributed by atoms with van der Waals surface area (Å²) in [5.74, 6) is 1.64. The van der Waals surface area contributed by atoms with Crippen LogP contribution < -0.4 is 14.8 Å². The Morgan fingerprint density at radius 1 is 1.05 bits per heavy atom. The van der Waals surface area contributed by atoms with Gasteiger partial charge < -0.3 is 24.3 Å². The van der Waals surface area contributed by atoms with Crippen LogP contribution in [0.1, 0.15) is 25.5 Å². The van der Waals surface area contributed by atoms with Crippen LogP contribution >= 0.6 is 0 Å². The van der Waals surface area contributed by atoms with Crippen molar-refractivity contribution in [2.45, 2.75) is 19.9 Å². The predicted molar refractivity (Wildman–Crippen MR) is 83.3 cm³/mol. The lowest BCUT2D eigenvalue weighted by Crippen LogP contribution is -2.26. The molecule has 1 aromatic rings. The minimum absolute atomic E-state index is 0.0571. The highest BCUT2D eigenvalue weighted by Gasteiger charge is 2.16. The molecule has 0 aliphatic carbocycles. The topological polar surface area (TPSA) is 49.0 Å². The van der Waals surface area contributed by atoms with E-state index in [0.717, 1.165) is 23.6 Å². The van der Waals surface area contributed by atoms with Crippen LogP contribution in [0.25, 0.3) is 0 Å². The third-order valence-corrected chi connectivity index (χ3v) is 3.12. The van der Waals surface area contributed by atoms with Gasteiger partial charge in [-0.2, -0.15) is 0 Å². The van der Waals surface area contributed by atoms with Crippen LogP contribution in [-0.2, 0) is 9.47 Å². The highest BCUT2D eigenvalue weighted by atomic mass is 16.5. The molecule has 0 heterocycles. The van der Waals surface area contributed by atoms with Crippen molar-refractivity contribution >= 4 is 0 Å². The van der Waals surface area contributed by atoms with Gasteiger partial charge in [-0.15, -0.1) is 0 Å². The SMILES string of the molecule is CCNC(COCCOCC)c1cc(OC)ccc1OC. The van der Waals surface area contributed by atoms with Gasteiger partial charge in [-0.05, 0) is 31.7 Å². The molecule has 0 aliphatic rings. The Balaban J connectivity index is 2.73. The van der Waals surface area contributed by atoms with Crippen LogP contribution in [0.5, 0.6) is 11.5 Å². The average molecular weight is 297 g/mol. The molecule has 0 fully saturated rings. The molecule has 1 rings (SSSR count). The molecule has 0 aliphatic heterocycles. The summed E-state index contributed by atoms with van der Waals surface area (Å²) >= 11 is 0. The van der Waals surface area contributed by atoms with Crippen LogP contribution in [0.4, 0.5) is 0 Å². The van der Waals surface area contributed by atoms with Gasteiger partial charge in [-0.1, -0.05) is 6.92 Å². The number of methoxy groups -OCH3 is 2. The van der Waals surface area contributed by atoms with Crippen LogP contribution in [0.2, 0.25) is 0 Å². The fourth-order valence-corrected chi connectivity index (χ4v) is 2.08. The second-order valence-electron chi connectivity index (χ2n) is 4.49. The normalized spacial score (nSPS) is 12.2. The van der Waals surface area contributed by atoms with E-state index >= 15 is 0 Å². The summed E-state index contributed by atoms with van der Waals surface area (Å²) < 4.78 is 21.7. The van der Waals surface area contributed by atoms with Gasteiger partial charge in [-0.25, -0.2) is 0 Å². The molecule has 21 heavy (non-hydrogen) atoms. The maximum Gasteiger partial charge on any atom is 0.123 e. The summed E-state index contributed by atoms with van der Waals surface area (Å²) in [6, 6.07) is 5.85. The summed E-state index contributed by atoms with van der Waals surface area (Å²) in [5.41, 5.74) is 1.04. The maximum atomic E-state index is 5.69. The van der Waals surface area contributed by atoms with Gasteiger partial charge in [0.2, 0.25) is 0 Å². The Labute approximate surface area is 127 Å². The van der Waals surface area contributed by atoms with Crippen LogP contribution in [0.15, 0.2) is 18.2 Å². The third kappa shape index (κ3) is 5.91. The molecule has 5 heteroatoms. The van der Waals surface area contributed by atoms with E-state index in [1.807, 2.05) is 25.1 Å². The van der Waals surface area contributed by atoms with Gasteiger partial charge in [0.25, 0.3) is 0 Å². The van der Waals surface area contributed by atoms with E-state index in [1.54, 1.807) is 14.2 Å².